The van der Waals surface area contributed by atoms with Crippen LogP contribution in [0.5, 0.6) is 0 Å². The molecule has 0 atom stereocenters. The lowest BCUT2D eigenvalue weighted by atomic mass is 10.3. The van der Waals surface area contributed by atoms with Crippen molar-refractivity contribution in [3.8, 4) is 0 Å². The molecule has 0 saturated heterocycles. The summed E-state index contributed by atoms with van der Waals surface area (Å²) in [5, 5.41) is 2.03. The highest BCUT2D eigenvalue weighted by Gasteiger charge is 2.10. The summed E-state index contributed by atoms with van der Waals surface area (Å²) in [5.74, 6) is 1.60. The van der Waals surface area contributed by atoms with Crippen LogP contribution in [0, 0.1) is 0 Å². The van der Waals surface area contributed by atoms with Crippen LogP contribution in [0.25, 0.3) is 11.0 Å². The number of aromatic nitrogens is 2. The Labute approximate surface area is 94.2 Å². The molecule has 0 aliphatic heterocycles. The van der Waals surface area contributed by atoms with Gasteiger partial charge in [-0.1, -0.05) is 12.1 Å². The molecule has 1 heterocycles. The summed E-state index contributed by atoms with van der Waals surface area (Å²) in [5.41, 5.74) is 2.15. The number of halogens is 1. The average Bonchev–Trinajstić information content (AvgIpc) is 2.56. The molecule has 80 valence electrons. The van der Waals surface area contributed by atoms with Crippen molar-refractivity contribution in [2.24, 2.45) is 0 Å². The molecule has 3 nitrogen and oxygen atoms in total. The summed E-state index contributed by atoms with van der Waals surface area (Å²) >= 11 is 5.77. The number of imidazole rings is 1. The van der Waals surface area contributed by atoms with Gasteiger partial charge < -0.3 is 5.01 Å². The van der Waals surface area contributed by atoms with Crippen LogP contribution in [0.1, 0.15) is 5.82 Å². The minimum Gasteiger partial charge on any atom is -0.317 e. The molecule has 0 aliphatic carbocycles. The van der Waals surface area contributed by atoms with Crippen molar-refractivity contribution in [2.75, 3.05) is 25.0 Å². The van der Waals surface area contributed by atoms with Crippen molar-refractivity contribution >= 4 is 22.6 Å². The fourth-order valence-electron chi connectivity index (χ4n) is 1.76. The molecule has 15 heavy (non-hydrogen) atoms. The second kappa shape index (κ2) is 4.11. The third-order valence-corrected chi connectivity index (χ3v) is 2.51. The van der Waals surface area contributed by atoms with Crippen molar-refractivity contribution in [1.29, 1.82) is 0 Å². The quantitative estimate of drug-likeness (QED) is 0.743. The Kier molecular flexibility index (Phi) is 2.82. The van der Waals surface area contributed by atoms with Gasteiger partial charge in [0.1, 0.15) is 5.82 Å². The Bertz CT molecular complexity index is 462. The van der Waals surface area contributed by atoms with Gasteiger partial charge in [-0.15, -0.1) is 11.6 Å². The fourth-order valence-corrected chi connectivity index (χ4v) is 1.92. The number of aryl methyl sites for hydroxylation is 1. The average molecular weight is 224 g/mol. The summed E-state index contributed by atoms with van der Waals surface area (Å²) in [6, 6.07) is 8.11. The second-order valence-electron chi connectivity index (χ2n) is 3.61. The maximum atomic E-state index is 5.77. The van der Waals surface area contributed by atoms with Gasteiger partial charge in [-0.25, -0.2) is 9.66 Å². The molecule has 0 fully saturated rings. The highest BCUT2D eigenvalue weighted by atomic mass is 35.5. The van der Waals surface area contributed by atoms with Gasteiger partial charge in [-0.2, -0.15) is 0 Å². The predicted molar refractivity (Wildman–Crippen MR) is 64.2 cm³/mol. The lowest BCUT2D eigenvalue weighted by Crippen LogP contribution is -2.26. The van der Waals surface area contributed by atoms with Crippen LogP contribution in [0.4, 0.5) is 0 Å². The van der Waals surface area contributed by atoms with Crippen LogP contribution in [-0.4, -0.2) is 29.6 Å². The Hall–Kier alpha value is -1.22. The van der Waals surface area contributed by atoms with Gasteiger partial charge in [0.05, 0.1) is 11.0 Å². The third kappa shape index (κ3) is 1.79. The van der Waals surface area contributed by atoms with E-state index in [2.05, 4.69) is 15.7 Å². The summed E-state index contributed by atoms with van der Waals surface area (Å²) in [4.78, 5) is 4.56. The normalized spacial score (nSPS) is 10.9. The maximum absolute atomic E-state index is 5.77. The number of benzene rings is 1. The van der Waals surface area contributed by atoms with E-state index in [1.54, 1.807) is 0 Å². The van der Waals surface area contributed by atoms with Crippen molar-refractivity contribution in [3.05, 3.63) is 30.1 Å². The van der Waals surface area contributed by atoms with Gasteiger partial charge in [0, 0.05) is 26.4 Å². The van der Waals surface area contributed by atoms with Gasteiger partial charge in [0.2, 0.25) is 0 Å². The van der Waals surface area contributed by atoms with E-state index in [1.807, 2.05) is 37.3 Å². The third-order valence-electron chi connectivity index (χ3n) is 2.32. The highest BCUT2D eigenvalue weighted by Crippen LogP contribution is 2.16. The van der Waals surface area contributed by atoms with E-state index >= 15 is 0 Å². The predicted octanol–water partition coefficient (Wildman–Crippen LogP) is 2.02. The van der Waals surface area contributed by atoms with E-state index in [1.165, 1.54) is 0 Å². The smallest absolute Gasteiger partial charge is 0.130 e. The van der Waals surface area contributed by atoms with Crippen LogP contribution < -0.4 is 5.01 Å². The zero-order valence-corrected chi connectivity index (χ0v) is 9.70. The summed E-state index contributed by atoms with van der Waals surface area (Å²) in [6.45, 7) is 0. The monoisotopic (exact) mass is 223 g/mol. The van der Waals surface area contributed by atoms with E-state index in [0.717, 1.165) is 23.3 Å². The molecule has 1 aromatic carbocycles. The molecule has 2 rings (SSSR count). The van der Waals surface area contributed by atoms with Crippen molar-refractivity contribution in [1.82, 2.24) is 9.66 Å². The van der Waals surface area contributed by atoms with Crippen molar-refractivity contribution in [2.45, 2.75) is 6.42 Å². The van der Waals surface area contributed by atoms with E-state index < -0.39 is 0 Å². The Morgan fingerprint density at radius 2 is 2.07 bits per heavy atom. The van der Waals surface area contributed by atoms with Crippen LogP contribution in [-0.2, 0) is 6.42 Å². The van der Waals surface area contributed by atoms with Crippen LogP contribution in [0.15, 0.2) is 24.3 Å². The fraction of sp³-hybridized carbons (Fsp3) is 0.364. The number of para-hydroxylation sites is 2. The number of rotatable bonds is 3. The molecule has 0 radical (unpaired) electrons. The van der Waals surface area contributed by atoms with E-state index in [0.29, 0.717) is 5.88 Å². The molecule has 0 spiro atoms. The summed E-state index contributed by atoms with van der Waals surface area (Å²) in [7, 11) is 4.01. The molecule has 0 N–H and O–H groups in total. The first-order chi connectivity index (χ1) is 7.24. The molecular formula is C11H14ClN3. The minimum atomic E-state index is 0.594. The van der Waals surface area contributed by atoms with Gasteiger partial charge in [-0.3, -0.25) is 0 Å². The Morgan fingerprint density at radius 3 is 2.73 bits per heavy atom. The lowest BCUT2D eigenvalue weighted by molar-refractivity contribution is 0.703. The molecule has 1 aromatic heterocycles. The highest BCUT2D eigenvalue weighted by molar-refractivity contribution is 6.17. The first kappa shape index (κ1) is 10.3. The topological polar surface area (TPSA) is 21.1 Å². The van der Waals surface area contributed by atoms with Crippen molar-refractivity contribution in [3.63, 3.8) is 0 Å². The van der Waals surface area contributed by atoms with Crippen molar-refractivity contribution < 1.29 is 0 Å². The number of hydrogen-bond acceptors (Lipinski definition) is 2. The number of fused-ring (bicyclic) bond motifs is 1. The molecular weight excluding hydrogens is 210 g/mol. The maximum Gasteiger partial charge on any atom is 0.130 e. The zero-order valence-electron chi connectivity index (χ0n) is 8.94. The summed E-state index contributed by atoms with van der Waals surface area (Å²) in [6.07, 6.45) is 0.786. The molecule has 0 amide bonds. The van der Waals surface area contributed by atoms with Crippen LogP contribution >= 0.6 is 11.6 Å². The minimum absolute atomic E-state index is 0.594. The van der Waals surface area contributed by atoms with E-state index in [-0.39, 0.29) is 0 Å². The molecule has 4 heteroatoms. The van der Waals surface area contributed by atoms with Gasteiger partial charge in [-0.05, 0) is 12.1 Å². The lowest BCUT2D eigenvalue weighted by Gasteiger charge is -2.17. The van der Waals surface area contributed by atoms with Gasteiger partial charge in [0.15, 0.2) is 0 Å². The van der Waals surface area contributed by atoms with Crippen LogP contribution in [0.2, 0.25) is 0 Å². The van der Waals surface area contributed by atoms with E-state index in [9.17, 15) is 0 Å². The zero-order chi connectivity index (χ0) is 10.8. The number of alkyl halides is 1. The number of hydrogen-bond donors (Lipinski definition) is 0. The molecule has 0 aliphatic rings. The van der Waals surface area contributed by atoms with E-state index in [4.69, 9.17) is 11.6 Å². The Morgan fingerprint density at radius 1 is 1.33 bits per heavy atom. The number of nitrogens with zero attached hydrogens (tertiary/aromatic N) is 3. The van der Waals surface area contributed by atoms with Gasteiger partial charge >= 0.3 is 0 Å². The molecule has 0 bridgehead atoms. The standard InChI is InChI=1S/C11H14ClN3/c1-14(2)15-10-6-4-3-5-9(10)13-11(15)7-8-12/h3-6H,7-8H2,1-2H3. The molecule has 0 saturated carbocycles. The van der Waals surface area contributed by atoms with Crippen LogP contribution in [0.3, 0.4) is 0 Å². The largest absolute Gasteiger partial charge is 0.317 e. The Balaban J connectivity index is 2.63. The second-order valence-corrected chi connectivity index (χ2v) is 3.99. The SMILES string of the molecule is CN(C)n1c(CCCl)nc2ccccc21. The summed E-state index contributed by atoms with van der Waals surface area (Å²) < 4.78 is 2.09. The first-order valence-electron chi connectivity index (χ1n) is 4.94. The van der Waals surface area contributed by atoms with Gasteiger partial charge in [0.25, 0.3) is 0 Å². The first-order valence-corrected chi connectivity index (χ1v) is 5.47. The molecule has 0 unspecified atom stereocenters. The molecule has 2 aromatic rings.